The largest absolute Gasteiger partial charge is 0.416 e. The summed E-state index contributed by atoms with van der Waals surface area (Å²) in [5, 5.41) is 2.90. The highest BCUT2D eigenvalue weighted by atomic mass is 19.4. The molecule has 3 aliphatic rings. The Hall–Kier alpha value is -2.05. The summed E-state index contributed by atoms with van der Waals surface area (Å²) < 4.78 is 37.8. The minimum Gasteiger partial charge on any atom is -0.323 e. The van der Waals surface area contributed by atoms with E-state index in [1.165, 1.54) is 12.1 Å². The lowest BCUT2D eigenvalue weighted by Crippen LogP contribution is -2.51. The first-order valence-electron chi connectivity index (χ1n) is 8.12. The number of alkyl halides is 3. The lowest BCUT2D eigenvalue weighted by molar-refractivity contribution is -0.137. The Bertz CT molecular complexity index is 679. The second kappa shape index (κ2) is 4.97. The number of carbonyl (C=O) groups excluding carboxylic acids is 2. The maximum atomic E-state index is 12.9. The number of amides is 3. The van der Waals surface area contributed by atoms with E-state index < -0.39 is 23.3 Å². The van der Waals surface area contributed by atoms with E-state index in [1.54, 1.807) is 0 Å². The smallest absolute Gasteiger partial charge is 0.323 e. The van der Waals surface area contributed by atoms with Gasteiger partial charge in [-0.3, -0.25) is 9.69 Å². The number of rotatable bonds is 4. The number of benzene rings is 1. The summed E-state index contributed by atoms with van der Waals surface area (Å²) >= 11 is 0. The zero-order valence-corrected chi connectivity index (χ0v) is 12.9. The van der Waals surface area contributed by atoms with Crippen molar-refractivity contribution in [3.05, 3.63) is 35.4 Å². The van der Waals surface area contributed by atoms with E-state index in [-0.39, 0.29) is 24.3 Å². The Labute approximate surface area is 137 Å². The van der Waals surface area contributed by atoms with Gasteiger partial charge in [0.05, 0.1) is 12.1 Å². The van der Waals surface area contributed by atoms with Crippen LogP contribution in [0.4, 0.5) is 18.0 Å². The van der Waals surface area contributed by atoms with E-state index in [9.17, 15) is 22.8 Å². The van der Waals surface area contributed by atoms with E-state index in [2.05, 4.69) is 5.32 Å². The van der Waals surface area contributed by atoms with Crippen LogP contribution in [0.25, 0.3) is 0 Å². The van der Waals surface area contributed by atoms with Crippen molar-refractivity contribution in [2.75, 3.05) is 0 Å². The molecule has 0 atom stereocenters. The molecule has 7 heteroatoms. The van der Waals surface area contributed by atoms with E-state index >= 15 is 0 Å². The maximum Gasteiger partial charge on any atom is 0.416 e. The number of hydrogen-bond donors (Lipinski definition) is 1. The number of urea groups is 1. The average Bonchev–Trinajstić information content (AvgIpc) is 3.41. The molecule has 0 aromatic heterocycles. The zero-order valence-electron chi connectivity index (χ0n) is 12.9. The lowest BCUT2D eigenvalue weighted by Gasteiger charge is -2.26. The van der Waals surface area contributed by atoms with Crippen molar-refractivity contribution in [1.82, 2.24) is 10.2 Å². The molecule has 2 saturated carbocycles. The number of imide groups is 1. The Morgan fingerprint density at radius 3 is 2.04 bits per heavy atom. The van der Waals surface area contributed by atoms with Gasteiger partial charge in [0.1, 0.15) is 5.54 Å². The van der Waals surface area contributed by atoms with Gasteiger partial charge in [0.25, 0.3) is 5.91 Å². The third-order valence-electron chi connectivity index (χ3n) is 5.22. The number of hydrogen-bond acceptors (Lipinski definition) is 2. The first kappa shape index (κ1) is 15.5. The highest BCUT2D eigenvalue weighted by Gasteiger charge is 2.65. The van der Waals surface area contributed by atoms with E-state index in [1.807, 2.05) is 0 Å². The Balaban J connectivity index is 1.54. The number of carbonyl (C=O) groups is 2. The molecule has 3 fully saturated rings. The van der Waals surface area contributed by atoms with Gasteiger partial charge in [-0.2, -0.15) is 13.2 Å². The van der Waals surface area contributed by atoms with Gasteiger partial charge >= 0.3 is 12.2 Å². The minimum atomic E-state index is -4.40. The van der Waals surface area contributed by atoms with Crippen molar-refractivity contribution in [3.63, 3.8) is 0 Å². The standard InChI is InChI=1S/C17H17F3N2O2/c18-17(19,20)13-3-1-10(2-4-13)9-22-14(23)16(11-5-6-11,12-7-8-12)21-15(22)24/h1-4,11-12H,5-9H2,(H,21,24). The van der Waals surface area contributed by atoms with Crippen LogP contribution in [0.1, 0.15) is 36.8 Å². The van der Waals surface area contributed by atoms with Crippen LogP contribution in [0.2, 0.25) is 0 Å². The third-order valence-corrected chi connectivity index (χ3v) is 5.22. The van der Waals surface area contributed by atoms with Crippen LogP contribution in [0.5, 0.6) is 0 Å². The third kappa shape index (κ3) is 2.37. The van der Waals surface area contributed by atoms with Gasteiger partial charge in [-0.05, 0) is 55.2 Å². The van der Waals surface area contributed by atoms with Gasteiger partial charge in [-0.25, -0.2) is 4.79 Å². The molecule has 0 unspecified atom stereocenters. The fraction of sp³-hybridized carbons (Fsp3) is 0.529. The number of nitrogens with one attached hydrogen (secondary N) is 1. The second-order valence-electron chi connectivity index (χ2n) is 6.93. The number of halogens is 3. The van der Waals surface area contributed by atoms with Crippen molar-refractivity contribution >= 4 is 11.9 Å². The van der Waals surface area contributed by atoms with Gasteiger partial charge in [-0.1, -0.05) is 12.1 Å². The molecular weight excluding hydrogens is 321 g/mol. The SMILES string of the molecule is O=C1NC(C2CC2)(C2CC2)C(=O)N1Cc1ccc(C(F)(F)F)cc1. The molecule has 0 spiro atoms. The topological polar surface area (TPSA) is 49.4 Å². The first-order valence-corrected chi connectivity index (χ1v) is 8.12. The molecular formula is C17H17F3N2O2. The first-order chi connectivity index (χ1) is 11.3. The van der Waals surface area contributed by atoms with Gasteiger partial charge in [0, 0.05) is 0 Å². The normalized spacial score (nSPS) is 23.5. The number of nitrogens with zero attached hydrogens (tertiary/aromatic N) is 1. The molecule has 1 aromatic rings. The van der Waals surface area contributed by atoms with Crippen molar-refractivity contribution in [2.24, 2.45) is 11.8 Å². The van der Waals surface area contributed by atoms with E-state index in [4.69, 9.17) is 0 Å². The molecule has 3 amide bonds. The van der Waals surface area contributed by atoms with Crippen molar-refractivity contribution in [2.45, 2.75) is 43.9 Å². The molecule has 0 bridgehead atoms. The predicted octanol–water partition coefficient (Wildman–Crippen LogP) is 3.32. The van der Waals surface area contributed by atoms with Crippen molar-refractivity contribution in [3.8, 4) is 0 Å². The van der Waals surface area contributed by atoms with Crippen LogP contribution in [0, 0.1) is 11.8 Å². The van der Waals surface area contributed by atoms with Crippen LogP contribution < -0.4 is 5.32 Å². The maximum absolute atomic E-state index is 12.9. The van der Waals surface area contributed by atoms with Gasteiger partial charge in [-0.15, -0.1) is 0 Å². The minimum absolute atomic E-state index is 0.00396. The lowest BCUT2D eigenvalue weighted by atomic mass is 9.87. The highest BCUT2D eigenvalue weighted by Crippen LogP contribution is 2.54. The van der Waals surface area contributed by atoms with Gasteiger partial charge in [0.2, 0.25) is 0 Å². The highest BCUT2D eigenvalue weighted by molar-refractivity contribution is 6.07. The molecule has 1 aromatic carbocycles. The molecule has 1 N–H and O–H groups in total. The molecule has 1 aliphatic heterocycles. The Morgan fingerprint density at radius 2 is 1.58 bits per heavy atom. The quantitative estimate of drug-likeness (QED) is 0.856. The summed E-state index contributed by atoms with van der Waals surface area (Å²) in [4.78, 5) is 26.4. The summed E-state index contributed by atoms with van der Waals surface area (Å²) in [7, 11) is 0. The molecule has 1 heterocycles. The van der Waals surface area contributed by atoms with Crippen molar-refractivity contribution < 1.29 is 22.8 Å². The summed E-state index contributed by atoms with van der Waals surface area (Å²) in [6.45, 7) is 0.00396. The summed E-state index contributed by atoms with van der Waals surface area (Å²) in [6, 6.07) is 4.15. The van der Waals surface area contributed by atoms with Crippen LogP contribution in [0.3, 0.4) is 0 Å². The van der Waals surface area contributed by atoms with Gasteiger partial charge in [0.15, 0.2) is 0 Å². The zero-order chi connectivity index (χ0) is 17.1. The predicted molar refractivity (Wildman–Crippen MR) is 78.7 cm³/mol. The summed E-state index contributed by atoms with van der Waals surface area (Å²) in [6.07, 6.45) is -0.632. The molecule has 4 rings (SSSR count). The average molecular weight is 338 g/mol. The van der Waals surface area contributed by atoms with Crippen LogP contribution >= 0.6 is 0 Å². The Morgan fingerprint density at radius 1 is 1.04 bits per heavy atom. The molecule has 128 valence electrons. The van der Waals surface area contributed by atoms with E-state index in [0.717, 1.165) is 42.7 Å². The van der Waals surface area contributed by atoms with E-state index in [0.29, 0.717) is 5.56 Å². The van der Waals surface area contributed by atoms with Crippen LogP contribution in [-0.4, -0.2) is 22.4 Å². The molecule has 1 saturated heterocycles. The summed E-state index contributed by atoms with van der Waals surface area (Å²) in [5.74, 6) is 0.204. The Kier molecular flexibility index (Phi) is 3.21. The molecule has 0 radical (unpaired) electrons. The van der Waals surface area contributed by atoms with Crippen LogP contribution in [0.15, 0.2) is 24.3 Å². The van der Waals surface area contributed by atoms with Gasteiger partial charge < -0.3 is 5.32 Å². The summed E-state index contributed by atoms with van der Waals surface area (Å²) in [5.41, 5.74) is -0.995. The molecule has 24 heavy (non-hydrogen) atoms. The fourth-order valence-corrected chi connectivity index (χ4v) is 3.70. The second-order valence-corrected chi connectivity index (χ2v) is 6.93. The monoisotopic (exact) mass is 338 g/mol. The molecule has 2 aliphatic carbocycles. The fourth-order valence-electron chi connectivity index (χ4n) is 3.70. The molecule has 4 nitrogen and oxygen atoms in total. The van der Waals surface area contributed by atoms with Crippen molar-refractivity contribution in [1.29, 1.82) is 0 Å². The van der Waals surface area contributed by atoms with Crippen LogP contribution in [-0.2, 0) is 17.5 Å².